The van der Waals surface area contributed by atoms with Gasteiger partial charge in [0.2, 0.25) is 0 Å². The molecule has 0 bridgehead atoms. The Labute approximate surface area is 121 Å². The maximum Gasteiger partial charge on any atom is 0.139 e. The lowest BCUT2D eigenvalue weighted by Crippen LogP contribution is -1.79. The Morgan fingerprint density at radius 1 is 1.05 bits per heavy atom. The third-order valence-corrected chi connectivity index (χ3v) is 4.80. The molecule has 0 radical (unpaired) electrons. The number of nitrogens with zero attached hydrogens (tertiary/aromatic N) is 1. The van der Waals surface area contributed by atoms with E-state index in [-0.39, 0.29) is 0 Å². The molecule has 2 aromatic heterocycles. The number of fused-ring (bicyclic) bond motifs is 2. The summed E-state index contributed by atoms with van der Waals surface area (Å²) >= 11 is 1.76. The Hall–Kier alpha value is -2.13. The van der Waals surface area contributed by atoms with E-state index in [1.165, 1.54) is 26.8 Å². The molecule has 0 unspecified atom stereocenters. The number of rotatable bonds is 1. The van der Waals surface area contributed by atoms with Crippen LogP contribution in [0.2, 0.25) is 0 Å². The Morgan fingerprint density at radius 3 is 2.75 bits per heavy atom. The maximum absolute atomic E-state index is 4.76. The number of aryl methyl sites for hydroxylation is 2. The van der Waals surface area contributed by atoms with Crippen molar-refractivity contribution < 1.29 is 0 Å². The van der Waals surface area contributed by atoms with Crippen LogP contribution in [0.4, 0.5) is 0 Å². The van der Waals surface area contributed by atoms with Gasteiger partial charge in [-0.25, -0.2) is 4.98 Å². The number of H-pyrrole nitrogens is 1. The summed E-state index contributed by atoms with van der Waals surface area (Å²) in [7, 11) is 0. The Kier molecular flexibility index (Phi) is 2.44. The minimum atomic E-state index is 0.961. The van der Waals surface area contributed by atoms with Crippen LogP contribution >= 0.6 is 11.3 Å². The van der Waals surface area contributed by atoms with Gasteiger partial charge in [-0.2, -0.15) is 0 Å². The average molecular weight is 278 g/mol. The molecule has 98 valence electrons. The SMILES string of the molecule is Cc1cc2nc(-c3csc4ccccc34)[nH]c2cc1C. The average Bonchev–Trinajstić information content (AvgIpc) is 3.02. The molecular formula is C17H14N2S. The molecule has 0 atom stereocenters. The summed E-state index contributed by atoms with van der Waals surface area (Å²) in [5, 5.41) is 3.45. The predicted molar refractivity (Wildman–Crippen MR) is 86.4 cm³/mol. The van der Waals surface area contributed by atoms with Gasteiger partial charge in [0, 0.05) is 21.0 Å². The first-order chi connectivity index (χ1) is 9.72. The third-order valence-electron chi connectivity index (χ3n) is 3.83. The molecule has 0 fully saturated rings. The smallest absolute Gasteiger partial charge is 0.139 e. The molecule has 3 heteroatoms. The van der Waals surface area contributed by atoms with E-state index >= 15 is 0 Å². The van der Waals surface area contributed by atoms with Gasteiger partial charge < -0.3 is 4.98 Å². The Balaban J connectivity index is 1.98. The molecule has 0 aliphatic rings. The van der Waals surface area contributed by atoms with E-state index in [2.05, 4.69) is 60.6 Å². The van der Waals surface area contributed by atoms with Crippen LogP contribution in [0.15, 0.2) is 41.8 Å². The number of hydrogen-bond acceptors (Lipinski definition) is 2. The van der Waals surface area contributed by atoms with E-state index in [1.54, 1.807) is 11.3 Å². The monoisotopic (exact) mass is 278 g/mol. The lowest BCUT2D eigenvalue weighted by Gasteiger charge is -1.97. The highest BCUT2D eigenvalue weighted by Crippen LogP contribution is 2.33. The van der Waals surface area contributed by atoms with Gasteiger partial charge in [-0.1, -0.05) is 18.2 Å². The van der Waals surface area contributed by atoms with Crippen molar-refractivity contribution in [3.05, 3.63) is 52.9 Å². The van der Waals surface area contributed by atoms with Crippen LogP contribution in [0.25, 0.3) is 32.5 Å². The predicted octanol–water partition coefficient (Wildman–Crippen LogP) is 5.06. The van der Waals surface area contributed by atoms with Crippen LogP contribution in [0.5, 0.6) is 0 Å². The van der Waals surface area contributed by atoms with E-state index in [0.717, 1.165) is 16.9 Å². The first-order valence-electron chi connectivity index (χ1n) is 6.66. The lowest BCUT2D eigenvalue weighted by atomic mass is 10.1. The molecule has 0 aliphatic carbocycles. The van der Waals surface area contributed by atoms with Crippen LogP contribution in [-0.2, 0) is 0 Å². The molecule has 4 rings (SSSR count). The normalized spacial score (nSPS) is 11.5. The van der Waals surface area contributed by atoms with Crippen LogP contribution < -0.4 is 0 Å². The highest BCUT2D eigenvalue weighted by molar-refractivity contribution is 7.17. The first kappa shape index (κ1) is 11.7. The Bertz CT molecular complexity index is 892. The molecule has 0 amide bonds. The van der Waals surface area contributed by atoms with Crippen molar-refractivity contribution in [1.29, 1.82) is 0 Å². The van der Waals surface area contributed by atoms with Gasteiger partial charge in [0.1, 0.15) is 5.82 Å². The Morgan fingerprint density at radius 2 is 1.85 bits per heavy atom. The zero-order chi connectivity index (χ0) is 13.7. The second kappa shape index (κ2) is 4.18. The zero-order valence-electron chi connectivity index (χ0n) is 11.4. The topological polar surface area (TPSA) is 28.7 Å². The molecule has 1 N–H and O–H groups in total. The molecule has 0 aliphatic heterocycles. The van der Waals surface area contributed by atoms with Gasteiger partial charge in [-0.15, -0.1) is 11.3 Å². The van der Waals surface area contributed by atoms with Gasteiger partial charge in [0.05, 0.1) is 11.0 Å². The molecule has 20 heavy (non-hydrogen) atoms. The molecule has 2 nitrogen and oxygen atoms in total. The molecule has 0 saturated carbocycles. The number of hydrogen-bond donors (Lipinski definition) is 1. The molecular weight excluding hydrogens is 264 g/mol. The van der Waals surface area contributed by atoms with Crippen molar-refractivity contribution in [2.75, 3.05) is 0 Å². The summed E-state index contributed by atoms with van der Waals surface area (Å²) < 4.78 is 1.30. The minimum absolute atomic E-state index is 0.961. The van der Waals surface area contributed by atoms with Gasteiger partial charge in [-0.05, 0) is 43.2 Å². The van der Waals surface area contributed by atoms with Crippen LogP contribution in [-0.4, -0.2) is 9.97 Å². The van der Waals surface area contributed by atoms with Gasteiger partial charge >= 0.3 is 0 Å². The molecule has 4 aromatic rings. The second-order valence-corrected chi connectivity index (χ2v) is 6.10. The minimum Gasteiger partial charge on any atom is -0.338 e. The van der Waals surface area contributed by atoms with Crippen molar-refractivity contribution in [3.63, 3.8) is 0 Å². The number of imidazole rings is 1. The molecule has 0 saturated heterocycles. The van der Waals surface area contributed by atoms with E-state index < -0.39 is 0 Å². The van der Waals surface area contributed by atoms with Crippen molar-refractivity contribution in [2.24, 2.45) is 0 Å². The first-order valence-corrected chi connectivity index (χ1v) is 7.54. The fourth-order valence-electron chi connectivity index (χ4n) is 2.56. The standard InChI is InChI=1S/C17H14N2S/c1-10-7-14-15(8-11(10)2)19-17(18-14)13-9-20-16-6-4-3-5-12(13)16/h3-9H,1-2H3,(H,18,19). The van der Waals surface area contributed by atoms with Gasteiger partial charge in [-0.3, -0.25) is 0 Å². The van der Waals surface area contributed by atoms with Crippen molar-refractivity contribution in [3.8, 4) is 11.4 Å². The maximum atomic E-state index is 4.76. The quantitative estimate of drug-likeness (QED) is 0.518. The molecule has 2 heterocycles. The summed E-state index contributed by atoms with van der Waals surface area (Å²) in [6.07, 6.45) is 0. The van der Waals surface area contributed by atoms with Crippen LogP contribution in [0.3, 0.4) is 0 Å². The van der Waals surface area contributed by atoms with Crippen molar-refractivity contribution in [2.45, 2.75) is 13.8 Å². The van der Waals surface area contributed by atoms with E-state index in [0.29, 0.717) is 0 Å². The number of thiophene rings is 1. The fraction of sp³-hybridized carbons (Fsp3) is 0.118. The summed E-state index contributed by atoms with van der Waals surface area (Å²) in [4.78, 5) is 8.21. The second-order valence-electron chi connectivity index (χ2n) is 5.18. The van der Waals surface area contributed by atoms with E-state index in [4.69, 9.17) is 4.98 Å². The highest BCUT2D eigenvalue weighted by atomic mass is 32.1. The summed E-state index contributed by atoms with van der Waals surface area (Å²) in [5.74, 6) is 0.961. The van der Waals surface area contributed by atoms with E-state index in [9.17, 15) is 0 Å². The largest absolute Gasteiger partial charge is 0.338 e. The molecule has 2 aromatic carbocycles. The number of nitrogens with one attached hydrogen (secondary N) is 1. The van der Waals surface area contributed by atoms with Gasteiger partial charge in [0.25, 0.3) is 0 Å². The van der Waals surface area contributed by atoms with Crippen LogP contribution in [0, 0.1) is 13.8 Å². The number of aromatic nitrogens is 2. The highest BCUT2D eigenvalue weighted by Gasteiger charge is 2.11. The third kappa shape index (κ3) is 1.67. The number of aromatic amines is 1. The van der Waals surface area contributed by atoms with Crippen LogP contribution in [0.1, 0.15) is 11.1 Å². The number of benzene rings is 2. The summed E-state index contributed by atoms with van der Waals surface area (Å²) in [5.41, 5.74) is 5.92. The van der Waals surface area contributed by atoms with Crippen molar-refractivity contribution in [1.82, 2.24) is 9.97 Å². The summed E-state index contributed by atoms with van der Waals surface area (Å²) in [6, 6.07) is 12.8. The van der Waals surface area contributed by atoms with Gasteiger partial charge in [0.15, 0.2) is 0 Å². The lowest BCUT2D eigenvalue weighted by molar-refractivity contribution is 1.35. The molecule has 0 spiro atoms. The van der Waals surface area contributed by atoms with E-state index in [1.807, 2.05) is 0 Å². The summed E-state index contributed by atoms with van der Waals surface area (Å²) in [6.45, 7) is 4.26. The zero-order valence-corrected chi connectivity index (χ0v) is 12.2. The van der Waals surface area contributed by atoms with Crippen molar-refractivity contribution >= 4 is 32.5 Å². The fourth-order valence-corrected chi connectivity index (χ4v) is 3.50.